The Morgan fingerprint density at radius 2 is 0.976 bits per heavy atom. The van der Waals surface area contributed by atoms with E-state index in [4.69, 9.17) is 56.8 Å². The van der Waals surface area contributed by atoms with E-state index in [-0.39, 0.29) is 56.4 Å². The molecule has 0 saturated carbocycles. The van der Waals surface area contributed by atoms with Crippen LogP contribution in [0, 0.1) is 0 Å². The molecule has 2 aliphatic rings. The number of ketones is 1. The van der Waals surface area contributed by atoms with Gasteiger partial charge in [0.05, 0.1) is 64.3 Å². The van der Waals surface area contributed by atoms with Crippen molar-refractivity contribution in [2.75, 3.05) is 33.5 Å². The Balaban J connectivity index is 1.26. The Kier molecular flexibility index (Phi) is 28.4. The highest BCUT2D eigenvalue weighted by atomic mass is 16.8. The van der Waals surface area contributed by atoms with Gasteiger partial charge in [0.15, 0.2) is 37.0 Å². The average molecular weight is 1170 g/mol. The fraction of sp³-hybridized carbons (Fsp3) is 0.456. The molecule has 0 amide bonds. The van der Waals surface area contributed by atoms with E-state index in [1.165, 1.54) is 76.1 Å². The van der Waals surface area contributed by atoms with Crippen molar-refractivity contribution < 1.29 is 80.8 Å². The summed E-state index contributed by atoms with van der Waals surface area (Å²) in [7, 11) is 1.10. The van der Waals surface area contributed by atoms with Gasteiger partial charge >= 0.3 is 23.9 Å². The molecule has 0 N–H and O–H groups in total. The number of Topliss-reactive ketones (excluding diaryl/α,β-unsaturated/α-hetero) is 1. The lowest BCUT2D eigenvalue weighted by molar-refractivity contribution is -0.364. The number of ether oxygens (including phenoxy) is 12. The Morgan fingerprint density at radius 1 is 0.471 bits per heavy atom. The first-order valence-corrected chi connectivity index (χ1v) is 29.6. The van der Waals surface area contributed by atoms with Crippen molar-refractivity contribution in [1.82, 2.24) is 0 Å². The van der Waals surface area contributed by atoms with Gasteiger partial charge in [-0.05, 0) is 54.3 Å². The zero-order valence-electron chi connectivity index (χ0n) is 49.0. The summed E-state index contributed by atoms with van der Waals surface area (Å²) in [5, 5.41) is 0. The second kappa shape index (κ2) is 36.8. The van der Waals surface area contributed by atoms with Gasteiger partial charge in [-0.2, -0.15) is 0 Å². The quantitative estimate of drug-likeness (QED) is 0.0159. The highest BCUT2D eigenvalue weighted by molar-refractivity contribution is 5.90. The van der Waals surface area contributed by atoms with Gasteiger partial charge < -0.3 is 61.6 Å². The van der Waals surface area contributed by atoms with E-state index in [9.17, 15) is 24.0 Å². The molecular weight excluding hydrogens is 1090 g/mol. The minimum absolute atomic E-state index is 0.0232. The second-order valence-corrected chi connectivity index (χ2v) is 21.0. The molecule has 2 fully saturated rings. The van der Waals surface area contributed by atoms with Gasteiger partial charge in [0.1, 0.15) is 30.2 Å². The molecule has 17 heteroatoms. The van der Waals surface area contributed by atoms with Crippen LogP contribution in [0.2, 0.25) is 0 Å². The molecule has 10 atom stereocenters. The Morgan fingerprint density at radius 3 is 1.53 bits per heavy atom. The summed E-state index contributed by atoms with van der Waals surface area (Å²) in [5.41, 5.74) is 2.65. The molecular formula is C68H82O17. The van der Waals surface area contributed by atoms with Gasteiger partial charge in [0, 0.05) is 13.0 Å². The van der Waals surface area contributed by atoms with Crippen molar-refractivity contribution in [3.05, 3.63) is 192 Å². The maximum Gasteiger partial charge on any atom is 0.339 e. The monoisotopic (exact) mass is 1170 g/mol. The summed E-state index contributed by atoms with van der Waals surface area (Å²) in [5.74, 6) is -4.17. The summed E-state index contributed by atoms with van der Waals surface area (Å²) < 4.78 is 77.4. The lowest BCUT2D eigenvalue weighted by atomic mass is 9.95. The number of carbonyl (C=O) groups is 5. The third-order valence-corrected chi connectivity index (χ3v) is 14.4. The lowest BCUT2D eigenvalue weighted by Gasteiger charge is -2.49. The maximum atomic E-state index is 14.5. The summed E-state index contributed by atoms with van der Waals surface area (Å²) in [6.07, 6.45) is -0.899. The van der Waals surface area contributed by atoms with Crippen LogP contribution in [-0.4, -0.2) is 125 Å². The lowest BCUT2D eigenvalue weighted by Crippen LogP contribution is -2.67. The zero-order valence-corrected chi connectivity index (χ0v) is 49.0. The molecule has 0 aliphatic carbocycles. The molecule has 2 aliphatic heterocycles. The number of unbranched alkanes of at least 4 members (excludes halogenated alkanes) is 8. The predicted octanol–water partition coefficient (Wildman–Crippen LogP) is 11.2. The molecule has 0 bridgehead atoms. The molecule has 0 spiro atoms. The van der Waals surface area contributed by atoms with Crippen LogP contribution in [0.5, 0.6) is 0 Å². The van der Waals surface area contributed by atoms with Crippen LogP contribution in [0.25, 0.3) is 0 Å². The minimum Gasteiger partial charge on any atom is -0.467 e. The number of esters is 4. The first-order valence-electron chi connectivity index (χ1n) is 29.6. The van der Waals surface area contributed by atoms with Gasteiger partial charge in [-0.15, -0.1) is 0 Å². The molecule has 17 nitrogen and oxygen atoms in total. The molecule has 456 valence electrons. The third kappa shape index (κ3) is 21.8. The van der Waals surface area contributed by atoms with E-state index in [1.807, 2.05) is 103 Å². The molecule has 85 heavy (non-hydrogen) atoms. The van der Waals surface area contributed by atoms with E-state index in [2.05, 4.69) is 6.92 Å². The van der Waals surface area contributed by atoms with Crippen molar-refractivity contribution in [3.63, 3.8) is 0 Å². The van der Waals surface area contributed by atoms with Crippen molar-refractivity contribution in [3.8, 4) is 0 Å². The topological polar surface area (TPSA) is 196 Å². The summed E-state index contributed by atoms with van der Waals surface area (Å²) in [6, 6.07) is 44.4. The van der Waals surface area contributed by atoms with Gasteiger partial charge in [0.25, 0.3) is 0 Å². The number of hydrogen-bond acceptors (Lipinski definition) is 17. The zero-order chi connectivity index (χ0) is 59.9. The van der Waals surface area contributed by atoms with E-state index in [1.54, 1.807) is 36.4 Å². The van der Waals surface area contributed by atoms with Crippen LogP contribution in [-0.2, 0) is 91.0 Å². The van der Waals surface area contributed by atoms with Crippen LogP contribution < -0.4 is 0 Å². The molecule has 5 aromatic carbocycles. The molecule has 0 aromatic heterocycles. The number of methoxy groups -OCH3 is 1. The van der Waals surface area contributed by atoms with E-state index >= 15 is 0 Å². The standard InChI is InChI=1S/C68H82O17/c1-4-5-6-7-8-9-10-11-27-42-75-43-28-29-44-77-67-62(79-47-52-34-21-14-22-35-52)58(78-46-51-32-19-13-20-33-51)57(55(80-67)48-76-45-50-30-17-12-18-31-50)84-68-63(83-65(72)54-38-25-16-26-39-54)60(82-64(71)53-36-23-15-24-37-53)59(61(85-68)66(73)74-3)81-56(70)41-40-49(2)69/h12-26,28-39,55,57-63,67-68H,4-11,27,40-48H2,1-3H3/b29-28-/t55-,57-,58+,59-,60+,61+,62-,63-,67-,68-/m1/s1. The molecule has 2 heterocycles. The van der Waals surface area contributed by atoms with Gasteiger partial charge in [-0.25, -0.2) is 14.4 Å². The summed E-state index contributed by atoms with van der Waals surface area (Å²) >= 11 is 0. The highest BCUT2D eigenvalue weighted by Gasteiger charge is 2.59. The minimum atomic E-state index is -1.89. The fourth-order valence-electron chi connectivity index (χ4n) is 9.82. The van der Waals surface area contributed by atoms with Gasteiger partial charge in [0.2, 0.25) is 0 Å². The van der Waals surface area contributed by atoms with Gasteiger partial charge in [-0.1, -0.05) is 198 Å². The van der Waals surface area contributed by atoms with Crippen LogP contribution in [0.4, 0.5) is 0 Å². The smallest absolute Gasteiger partial charge is 0.339 e. The Hall–Kier alpha value is -6.93. The molecule has 7 rings (SSSR count). The molecule has 0 unspecified atom stereocenters. The number of hydrogen-bond donors (Lipinski definition) is 0. The van der Waals surface area contributed by atoms with Crippen molar-refractivity contribution >= 4 is 29.7 Å². The fourth-order valence-corrected chi connectivity index (χ4v) is 9.82. The number of benzene rings is 5. The highest BCUT2D eigenvalue weighted by Crippen LogP contribution is 2.37. The van der Waals surface area contributed by atoms with E-state index in [0.717, 1.165) is 36.6 Å². The molecule has 0 radical (unpaired) electrons. The van der Waals surface area contributed by atoms with Crippen molar-refractivity contribution in [1.29, 1.82) is 0 Å². The first-order chi connectivity index (χ1) is 41.6. The van der Waals surface area contributed by atoms with Gasteiger partial charge in [-0.3, -0.25) is 4.79 Å². The van der Waals surface area contributed by atoms with Crippen LogP contribution in [0.3, 0.4) is 0 Å². The van der Waals surface area contributed by atoms with Crippen LogP contribution in [0.1, 0.15) is 122 Å². The second-order valence-electron chi connectivity index (χ2n) is 21.0. The Labute approximate surface area is 499 Å². The summed E-state index contributed by atoms with van der Waals surface area (Å²) in [4.78, 5) is 68.8. The largest absolute Gasteiger partial charge is 0.467 e. The normalized spacial score (nSPS) is 22.1. The van der Waals surface area contributed by atoms with Crippen molar-refractivity contribution in [2.45, 2.75) is 166 Å². The first kappa shape index (κ1) is 65.6. The number of carbonyl (C=O) groups excluding carboxylic acids is 5. The SMILES string of the molecule is CCCCCCCCCCCOC/C=C\CO[C@@H]1O[C@H](COCc2ccccc2)[C@@H](O[C@@H]2O[C@H](C(=O)OC)[C@H](OC(=O)CCC(C)=O)[C@H](OC(=O)c3ccccc3)[C@H]2OC(=O)c2ccccc2)[C@H](OCc2ccccc2)[C@H]1OCc1ccccc1. The molecule has 2 saturated heterocycles. The maximum absolute atomic E-state index is 14.5. The Bertz CT molecular complexity index is 2750. The van der Waals surface area contributed by atoms with Crippen LogP contribution >= 0.6 is 0 Å². The number of rotatable bonds is 36. The molecule has 5 aromatic rings. The van der Waals surface area contributed by atoms with E-state index in [0.29, 0.717) is 13.2 Å². The summed E-state index contributed by atoms with van der Waals surface area (Å²) in [6.45, 7) is 4.75. The third-order valence-electron chi connectivity index (χ3n) is 14.4. The predicted molar refractivity (Wildman–Crippen MR) is 315 cm³/mol. The van der Waals surface area contributed by atoms with E-state index < -0.39 is 91.7 Å². The van der Waals surface area contributed by atoms with Crippen molar-refractivity contribution in [2.24, 2.45) is 0 Å². The average Bonchev–Trinajstić information content (AvgIpc) is 2.15. The van der Waals surface area contributed by atoms with Crippen LogP contribution in [0.15, 0.2) is 164 Å².